The molecule has 0 radical (unpaired) electrons. The predicted octanol–water partition coefficient (Wildman–Crippen LogP) is 3.25. The highest BCUT2D eigenvalue weighted by Crippen LogP contribution is 2.21. The average Bonchev–Trinajstić information content (AvgIpc) is 2.64. The predicted molar refractivity (Wildman–Crippen MR) is 94.9 cm³/mol. The Bertz CT molecular complexity index is 782. The van der Waals surface area contributed by atoms with Crippen LogP contribution in [0.15, 0.2) is 53.6 Å². The van der Waals surface area contributed by atoms with Gasteiger partial charge in [-0.15, -0.1) is 0 Å². The largest absolute Gasteiger partial charge is 0.497 e. The van der Waals surface area contributed by atoms with Crippen LogP contribution in [-0.2, 0) is 4.79 Å². The van der Waals surface area contributed by atoms with E-state index in [2.05, 4.69) is 20.6 Å². The fourth-order valence-electron chi connectivity index (χ4n) is 2.13. The number of nitrogens with one attached hydrogen (secondary N) is 2. The van der Waals surface area contributed by atoms with Crippen molar-refractivity contribution in [3.8, 4) is 11.5 Å². The number of alkyl halides is 2. The van der Waals surface area contributed by atoms with Crippen LogP contribution in [0, 0.1) is 0 Å². The molecule has 0 saturated carbocycles. The van der Waals surface area contributed by atoms with Gasteiger partial charge in [0.2, 0.25) is 0 Å². The SMILES string of the molecule is COc1cccc(NCC(=O)N/N=C(/C)c2ccccc2OC(F)F)c1. The first-order valence-electron chi connectivity index (χ1n) is 7.75. The quantitative estimate of drug-likeness (QED) is 0.558. The normalized spacial score (nSPS) is 11.2. The van der Waals surface area contributed by atoms with E-state index >= 15 is 0 Å². The summed E-state index contributed by atoms with van der Waals surface area (Å²) in [6.07, 6.45) is 0. The molecule has 26 heavy (non-hydrogen) atoms. The number of amides is 1. The van der Waals surface area contributed by atoms with Gasteiger partial charge in [0.25, 0.3) is 5.91 Å². The number of rotatable bonds is 8. The van der Waals surface area contributed by atoms with Crippen molar-refractivity contribution in [1.82, 2.24) is 5.43 Å². The first kappa shape index (κ1) is 19.2. The molecule has 2 N–H and O–H groups in total. The van der Waals surface area contributed by atoms with Crippen LogP contribution >= 0.6 is 0 Å². The summed E-state index contributed by atoms with van der Waals surface area (Å²) in [5.74, 6) is 0.270. The Morgan fingerprint density at radius 1 is 1.19 bits per heavy atom. The molecule has 0 unspecified atom stereocenters. The lowest BCUT2D eigenvalue weighted by Crippen LogP contribution is -2.26. The minimum Gasteiger partial charge on any atom is -0.497 e. The standard InChI is InChI=1S/C18H19F2N3O3/c1-12(15-8-3-4-9-16(15)26-18(19)20)22-23-17(24)11-21-13-6-5-7-14(10-13)25-2/h3-10,18,21H,11H2,1-2H3,(H,23,24)/b22-12-. The number of para-hydroxylation sites is 1. The summed E-state index contributed by atoms with van der Waals surface area (Å²) in [5.41, 5.74) is 3.80. The third-order valence-corrected chi connectivity index (χ3v) is 3.36. The van der Waals surface area contributed by atoms with E-state index in [1.807, 2.05) is 0 Å². The van der Waals surface area contributed by atoms with E-state index in [-0.39, 0.29) is 18.2 Å². The van der Waals surface area contributed by atoms with Gasteiger partial charge in [-0.3, -0.25) is 4.79 Å². The van der Waals surface area contributed by atoms with Crippen LogP contribution in [0.25, 0.3) is 0 Å². The average molecular weight is 363 g/mol. The molecule has 0 bridgehead atoms. The number of hydrogen-bond acceptors (Lipinski definition) is 5. The number of ether oxygens (including phenoxy) is 2. The van der Waals surface area contributed by atoms with Gasteiger partial charge >= 0.3 is 6.61 Å². The van der Waals surface area contributed by atoms with E-state index in [1.165, 1.54) is 6.07 Å². The van der Waals surface area contributed by atoms with Crippen molar-refractivity contribution in [3.05, 3.63) is 54.1 Å². The molecule has 2 rings (SSSR count). The lowest BCUT2D eigenvalue weighted by Gasteiger charge is -2.10. The second-order valence-electron chi connectivity index (χ2n) is 5.19. The molecule has 0 aliphatic heterocycles. The maximum absolute atomic E-state index is 12.4. The topological polar surface area (TPSA) is 72.0 Å². The fourth-order valence-corrected chi connectivity index (χ4v) is 2.13. The summed E-state index contributed by atoms with van der Waals surface area (Å²) < 4.78 is 34.4. The maximum Gasteiger partial charge on any atom is 0.387 e. The number of nitrogens with zero attached hydrogens (tertiary/aromatic N) is 1. The lowest BCUT2D eigenvalue weighted by molar-refractivity contribution is -0.119. The molecule has 6 nitrogen and oxygen atoms in total. The number of hydrogen-bond donors (Lipinski definition) is 2. The van der Waals surface area contributed by atoms with E-state index < -0.39 is 6.61 Å². The molecule has 0 spiro atoms. The summed E-state index contributed by atoms with van der Waals surface area (Å²) in [5, 5.41) is 6.87. The van der Waals surface area contributed by atoms with Crippen molar-refractivity contribution < 1.29 is 23.0 Å². The molecule has 8 heteroatoms. The second-order valence-corrected chi connectivity index (χ2v) is 5.19. The van der Waals surface area contributed by atoms with Crippen molar-refractivity contribution in [2.45, 2.75) is 13.5 Å². The summed E-state index contributed by atoms with van der Waals surface area (Å²) in [6.45, 7) is -1.37. The third kappa shape index (κ3) is 5.73. The molecule has 1 amide bonds. The van der Waals surface area contributed by atoms with Gasteiger partial charge < -0.3 is 14.8 Å². The van der Waals surface area contributed by atoms with Gasteiger partial charge in [0.1, 0.15) is 11.5 Å². The van der Waals surface area contributed by atoms with E-state index in [1.54, 1.807) is 56.5 Å². The van der Waals surface area contributed by atoms with Crippen LogP contribution in [-0.4, -0.2) is 31.9 Å². The molecule has 0 atom stereocenters. The minimum atomic E-state index is -2.94. The zero-order valence-corrected chi connectivity index (χ0v) is 14.3. The Morgan fingerprint density at radius 2 is 1.96 bits per heavy atom. The molecule has 2 aromatic carbocycles. The van der Waals surface area contributed by atoms with Crippen molar-refractivity contribution in [2.24, 2.45) is 5.10 Å². The number of carbonyl (C=O) groups excluding carboxylic acids is 1. The molecule has 0 aromatic heterocycles. The fraction of sp³-hybridized carbons (Fsp3) is 0.222. The molecule has 0 saturated heterocycles. The Morgan fingerprint density at radius 3 is 2.69 bits per heavy atom. The van der Waals surface area contributed by atoms with E-state index in [9.17, 15) is 13.6 Å². The zero-order chi connectivity index (χ0) is 18.9. The summed E-state index contributed by atoms with van der Waals surface area (Å²) in [4.78, 5) is 11.9. The number of methoxy groups -OCH3 is 1. The highest BCUT2D eigenvalue weighted by atomic mass is 19.3. The first-order chi connectivity index (χ1) is 12.5. The zero-order valence-electron chi connectivity index (χ0n) is 14.3. The van der Waals surface area contributed by atoms with Crippen molar-refractivity contribution in [2.75, 3.05) is 19.0 Å². The van der Waals surface area contributed by atoms with Gasteiger partial charge in [0, 0.05) is 17.3 Å². The number of anilines is 1. The molecule has 0 heterocycles. The lowest BCUT2D eigenvalue weighted by atomic mass is 10.1. The van der Waals surface area contributed by atoms with Crippen LogP contribution in [0.1, 0.15) is 12.5 Å². The minimum absolute atomic E-state index is 0.00694. The molecular formula is C18H19F2N3O3. The van der Waals surface area contributed by atoms with Crippen LogP contribution in [0.5, 0.6) is 11.5 Å². The Balaban J connectivity index is 1.95. The second kappa shape index (κ2) is 9.36. The van der Waals surface area contributed by atoms with E-state index in [4.69, 9.17) is 4.74 Å². The van der Waals surface area contributed by atoms with Crippen LogP contribution in [0.3, 0.4) is 0 Å². The van der Waals surface area contributed by atoms with Gasteiger partial charge in [-0.1, -0.05) is 18.2 Å². The Hall–Kier alpha value is -3.16. The number of benzene rings is 2. The monoisotopic (exact) mass is 363 g/mol. The highest BCUT2D eigenvalue weighted by Gasteiger charge is 2.11. The Labute approximate surface area is 149 Å². The molecule has 0 fully saturated rings. The third-order valence-electron chi connectivity index (χ3n) is 3.36. The molecule has 0 aliphatic rings. The van der Waals surface area contributed by atoms with Crippen LogP contribution in [0.2, 0.25) is 0 Å². The van der Waals surface area contributed by atoms with Crippen molar-refractivity contribution in [1.29, 1.82) is 0 Å². The summed E-state index contributed by atoms with van der Waals surface area (Å²) in [7, 11) is 1.55. The molecule has 2 aromatic rings. The Kier molecular flexibility index (Phi) is 6.90. The van der Waals surface area contributed by atoms with Crippen LogP contribution < -0.4 is 20.2 Å². The highest BCUT2D eigenvalue weighted by molar-refractivity contribution is 6.01. The van der Waals surface area contributed by atoms with Crippen molar-refractivity contribution >= 4 is 17.3 Å². The number of halogens is 2. The molecule has 0 aliphatic carbocycles. The molecular weight excluding hydrogens is 344 g/mol. The van der Waals surface area contributed by atoms with Gasteiger partial charge in [0.05, 0.1) is 19.4 Å². The van der Waals surface area contributed by atoms with Crippen molar-refractivity contribution in [3.63, 3.8) is 0 Å². The maximum atomic E-state index is 12.4. The van der Waals surface area contributed by atoms with Gasteiger partial charge in [-0.05, 0) is 31.2 Å². The van der Waals surface area contributed by atoms with E-state index in [0.717, 1.165) is 5.69 Å². The van der Waals surface area contributed by atoms with Gasteiger partial charge in [0.15, 0.2) is 0 Å². The smallest absolute Gasteiger partial charge is 0.387 e. The molecule has 138 valence electrons. The number of carbonyl (C=O) groups is 1. The summed E-state index contributed by atoms with van der Waals surface area (Å²) in [6, 6.07) is 13.4. The van der Waals surface area contributed by atoms with Gasteiger partial charge in [-0.25, -0.2) is 5.43 Å². The van der Waals surface area contributed by atoms with Crippen LogP contribution in [0.4, 0.5) is 14.5 Å². The number of hydrazone groups is 1. The summed E-state index contributed by atoms with van der Waals surface area (Å²) >= 11 is 0. The van der Waals surface area contributed by atoms with E-state index in [0.29, 0.717) is 17.0 Å². The van der Waals surface area contributed by atoms with Gasteiger partial charge in [-0.2, -0.15) is 13.9 Å². The first-order valence-corrected chi connectivity index (χ1v) is 7.75.